The number of carboxylic acids is 1. The third-order valence-corrected chi connectivity index (χ3v) is 6.36. The smallest absolute Gasteiger partial charge is 0.416 e. The number of carboxylic acid groups (broad SMARTS) is 1. The normalized spacial score (nSPS) is 14.8. The van der Waals surface area contributed by atoms with Crippen molar-refractivity contribution in [2.24, 2.45) is 5.92 Å². The second kappa shape index (κ2) is 10.7. The summed E-state index contributed by atoms with van der Waals surface area (Å²) >= 11 is 0. The van der Waals surface area contributed by atoms with Gasteiger partial charge in [0, 0.05) is 49.8 Å². The highest BCUT2D eigenvalue weighted by Crippen LogP contribution is 2.33. The van der Waals surface area contributed by atoms with Crippen LogP contribution in [-0.4, -0.2) is 39.0 Å². The van der Waals surface area contributed by atoms with Crippen molar-refractivity contribution in [3.05, 3.63) is 76.6 Å². The number of hydrogen-bond donors (Lipinski definition) is 1. The van der Waals surface area contributed by atoms with Crippen LogP contribution in [0.4, 0.5) is 13.2 Å². The molecule has 0 spiro atoms. The fraction of sp³-hybridized carbons (Fsp3) is 0.370. The molecule has 0 fully saturated rings. The van der Waals surface area contributed by atoms with Gasteiger partial charge in [-0.25, -0.2) is 9.97 Å². The molecule has 36 heavy (non-hydrogen) atoms. The summed E-state index contributed by atoms with van der Waals surface area (Å²) in [5.41, 5.74) is 2.85. The molecular weight excluding hydrogens is 471 g/mol. The number of ether oxygens (including phenoxy) is 1. The summed E-state index contributed by atoms with van der Waals surface area (Å²) in [6, 6.07) is 11.3. The Labute approximate surface area is 207 Å². The predicted molar refractivity (Wildman–Crippen MR) is 128 cm³/mol. The van der Waals surface area contributed by atoms with Gasteiger partial charge in [0.2, 0.25) is 0 Å². The van der Waals surface area contributed by atoms with E-state index in [1.807, 2.05) is 25.3 Å². The van der Waals surface area contributed by atoms with E-state index in [1.54, 1.807) is 18.2 Å². The number of rotatable bonds is 8. The molecule has 1 atom stereocenters. The fourth-order valence-corrected chi connectivity index (χ4v) is 4.48. The maximum atomic E-state index is 13.1. The number of aliphatic carboxylic acids is 1. The number of aromatic nitrogens is 2. The van der Waals surface area contributed by atoms with Crippen LogP contribution in [0, 0.1) is 12.8 Å². The molecule has 1 aromatic heterocycles. The maximum Gasteiger partial charge on any atom is 0.416 e. The van der Waals surface area contributed by atoms with Gasteiger partial charge >= 0.3 is 12.1 Å². The molecule has 0 bridgehead atoms. The van der Waals surface area contributed by atoms with E-state index >= 15 is 0 Å². The highest BCUT2D eigenvalue weighted by atomic mass is 19.4. The van der Waals surface area contributed by atoms with Gasteiger partial charge in [0.1, 0.15) is 12.4 Å². The third-order valence-electron chi connectivity index (χ3n) is 6.36. The highest BCUT2D eigenvalue weighted by Gasteiger charge is 2.32. The molecule has 0 radical (unpaired) electrons. The van der Waals surface area contributed by atoms with Gasteiger partial charge in [-0.2, -0.15) is 13.2 Å². The maximum absolute atomic E-state index is 13.1. The van der Waals surface area contributed by atoms with Crippen LogP contribution < -0.4 is 4.74 Å². The van der Waals surface area contributed by atoms with E-state index < -0.39 is 17.7 Å². The summed E-state index contributed by atoms with van der Waals surface area (Å²) in [6.07, 6.45) is -1.65. The summed E-state index contributed by atoms with van der Waals surface area (Å²) in [6.45, 7) is 5.66. The average Bonchev–Trinajstić information content (AvgIpc) is 2.82. The van der Waals surface area contributed by atoms with Gasteiger partial charge in [0.05, 0.1) is 11.3 Å². The Kier molecular flexibility index (Phi) is 7.59. The fourth-order valence-electron chi connectivity index (χ4n) is 4.48. The Bertz CT molecular complexity index is 1230. The Morgan fingerprint density at radius 3 is 2.64 bits per heavy atom. The van der Waals surface area contributed by atoms with Crippen LogP contribution in [0.2, 0.25) is 0 Å². The first-order chi connectivity index (χ1) is 17.1. The number of halogens is 3. The van der Waals surface area contributed by atoms with Crippen LogP contribution in [0.15, 0.2) is 48.7 Å². The monoisotopic (exact) mass is 499 g/mol. The highest BCUT2D eigenvalue weighted by molar-refractivity contribution is 5.67. The zero-order chi connectivity index (χ0) is 25.9. The SMILES string of the molecule is Cc1c(COc2ccc(-c3ncc4c(n3)CCN(CC(C)CC(=O)O)C4)cc2)cccc1C(F)(F)F. The van der Waals surface area contributed by atoms with Crippen molar-refractivity contribution in [1.82, 2.24) is 14.9 Å². The van der Waals surface area contributed by atoms with E-state index in [9.17, 15) is 18.0 Å². The topological polar surface area (TPSA) is 75.6 Å². The number of benzene rings is 2. The second-order valence-corrected chi connectivity index (χ2v) is 9.25. The minimum atomic E-state index is -4.40. The van der Waals surface area contributed by atoms with Crippen LogP contribution in [0.1, 0.15) is 41.3 Å². The van der Waals surface area contributed by atoms with Gasteiger partial charge in [-0.3, -0.25) is 9.69 Å². The van der Waals surface area contributed by atoms with Gasteiger partial charge in [0.25, 0.3) is 0 Å². The molecule has 0 amide bonds. The molecule has 3 aromatic rings. The standard InChI is InChI=1S/C27H28F3N3O3/c1-17(12-25(34)35)14-33-11-10-24-21(15-33)13-31-26(32-24)19-6-8-22(9-7-19)36-16-20-4-3-5-23(18(20)2)27(28,29)30/h3-9,13,17H,10-12,14-16H2,1-2H3,(H,34,35). The van der Waals surface area contributed by atoms with Crippen molar-refractivity contribution in [3.8, 4) is 17.1 Å². The molecule has 0 saturated heterocycles. The lowest BCUT2D eigenvalue weighted by atomic mass is 10.0. The van der Waals surface area contributed by atoms with Crippen molar-refractivity contribution in [1.29, 1.82) is 0 Å². The number of carbonyl (C=O) groups is 1. The zero-order valence-corrected chi connectivity index (χ0v) is 20.2. The van der Waals surface area contributed by atoms with E-state index in [-0.39, 0.29) is 24.5 Å². The first-order valence-electron chi connectivity index (χ1n) is 11.8. The van der Waals surface area contributed by atoms with Gasteiger partial charge in [0.15, 0.2) is 5.82 Å². The average molecular weight is 500 g/mol. The lowest BCUT2D eigenvalue weighted by Gasteiger charge is -2.29. The van der Waals surface area contributed by atoms with Crippen LogP contribution in [-0.2, 0) is 30.5 Å². The van der Waals surface area contributed by atoms with Crippen molar-refractivity contribution >= 4 is 5.97 Å². The lowest BCUT2D eigenvalue weighted by Crippen LogP contribution is -2.35. The summed E-state index contributed by atoms with van der Waals surface area (Å²) in [5, 5.41) is 8.97. The summed E-state index contributed by atoms with van der Waals surface area (Å²) in [7, 11) is 0. The molecule has 1 aliphatic heterocycles. The minimum absolute atomic E-state index is 0.0338. The molecule has 2 aromatic carbocycles. The van der Waals surface area contributed by atoms with E-state index in [0.717, 1.165) is 42.4 Å². The number of nitrogens with zero attached hydrogens (tertiary/aromatic N) is 3. The first kappa shape index (κ1) is 25.6. The van der Waals surface area contributed by atoms with E-state index in [0.29, 0.717) is 23.7 Å². The van der Waals surface area contributed by atoms with Crippen LogP contribution in [0.25, 0.3) is 11.4 Å². The first-order valence-corrected chi connectivity index (χ1v) is 11.8. The minimum Gasteiger partial charge on any atom is -0.489 e. The Balaban J connectivity index is 1.39. The van der Waals surface area contributed by atoms with E-state index in [1.165, 1.54) is 13.0 Å². The molecule has 190 valence electrons. The Morgan fingerprint density at radius 1 is 1.19 bits per heavy atom. The van der Waals surface area contributed by atoms with Gasteiger partial charge in [-0.1, -0.05) is 19.1 Å². The number of fused-ring (bicyclic) bond motifs is 1. The van der Waals surface area contributed by atoms with Crippen molar-refractivity contribution < 1.29 is 27.8 Å². The quantitative estimate of drug-likeness (QED) is 0.440. The summed E-state index contributed by atoms with van der Waals surface area (Å²) in [5.74, 6) is 0.430. The Morgan fingerprint density at radius 2 is 1.94 bits per heavy atom. The largest absolute Gasteiger partial charge is 0.489 e. The Hall–Kier alpha value is -3.46. The lowest BCUT2D eigenvalue weighted by molar-refractivity contribution is -0.139. The number of alkyl halides is 3. The molecule has 1 unspecified atom stereocenters. The van der Waals surface area contributed by atoms with Gasteiger partial charge in [-0.15, -0.1) is 0 Å². The van der Waals surface area contributed by atoms with Crippen LogP contribution in [0.3, 0.4) is 0 Å². The molecule has 1 N–H and O–H groups in total. The van der Waals surface area contributed by atoms with Gasteiger partial charge in [-0.05, 0) is 54.3 Å². The van der Waals surface area contributed by atoms with Crippen molar-refractivity contribution in [3.63, 3.8) is 0 Å². The molecule has 1 aliphatic rings. The van der Waals surface area contributed by atoms with Gasteiger partial charge < -0.3 is 9.84 Å². The molecule has 2 heterocycles. The molecule has 6 nitrogen and oxygen atoms in total. The second-order valence-electron chi connectivity index (χ2n) is 9.25. The van der Waals surface area contributed by atoms with E-state index in [4.69, 9.17) is 14.8 Å². The molecule has 4 rings (SSSR count). The third kappa shape index (κ3) is 6.20. The zero-order valence-electron chi connectivity index (χ0n) is 20.2. The molecular formula is C27H28F3N3O3. The van der Waals surface area contributed by atoms with Crippen LogP contribution in [0.5, 0.6) is 5.75 Å². The number of hydrogen-bond acceptors (Lipinski definition) is 5. The molecule has 9 heteroatoms. The molecule has 0 aliphatic carbocycles. The molecule has 0 saturated carbocycles. The van der Waals surface area contributed by atoms with E-state index in [2.05, 4.69) is 9.88 Å². The van der Waals surface area contributed by atoms with Crippen LogP contribution >= 0.6 is 0 Å². The van der Waals surface area contributed by atoms with Crippen molar-refractivity contribution in [2.75, 3.05) is 13.1 Å². The predicted octanol–water partition coefficient (Wildman–Crippen LogP) is 5.52. The van der Waals surface area contributed by atoms with Crippen molar-refractivity contribution in [2.45, 2.75) is 46.0 Å². The summed E-state index contributed by atoms with van der Waals surface area (Å²) in [4.78, 5) is 22.4. The summed E-state index contributed by atoms with van der Waals surface area (Å²) < 4.78 is 45.2.